The van der Waals surface area contributed by atoms with Crippen LogP contribution in [0, 0.1) is 0 Å². The van der Waals surface area contributed by atoms with E-state index in [9.17, 15) is 4.79 Å². The van der Waals surface area contributed by atoms with E-state index in [4.69, 9.17) is 14.6 Å². The van der Waals surface area contributed by atoms with Crippen molar-refractivity contribution < 1.29 is 19.4 Å². The first-order valence-corrected chi connectivity index (χ1v) is 7.09. The number of benzene rings is 1. The lowest BCUT2D eigenvalue weighted by atomic mass is 10.1. The second-order valence-electron chi connectivity index (χ2n) is 4.22. The molecule has 0 amide bonds. The standard InChI is InChI=1S/C15H16O4S/c1-18-14-5-4-11(9-13(14)15(16)17)10-19-7-6-12-3-2-8-20-12/h2-5,8-9H,6-7,10H2,1H3,(H,16,17). The highest BCUT2D eigenvalue weighted by Gasteiger charge is 2.11. The lowest BCUT2D eigenvalue weighted by Crippen LogP contribution is -2.03. The molecule has 1 heterocycles. The molecular formula is C15H16O4S. The third-order valence-electron chi connectivity index (χ3n) is 2.84. The molecule has 106 valence electrons. The number of carbonyl (C=O) groups is 1. The number of aromatic carboxylic acids is 1. The molecule has 1 aromatic heterocycles. The molecule has 0 unspecified atom stereocenters. The van der Waals surface area contributed by atoms with E-state index in [0.29, 0.717) is 19.0 Å². The molecule has 2 aromatic rings. The van der Waals surface area contributed by atoms with E-state index < -0.39 is 5.97 Å². The smallest absolute Gasteiger partial charge is 0.339 e. The zero-order valence-corrected chi connectivity index (χ0v) is 12.0. The summed E-state index contributed by atoms with van der Waals surface area (Å²) >= 11 is 1.71. The van der Waals surface area contributed by atoms with Gasteiger partial charge in [-0.25, -0.2) is 4.79 Å². The van der Waals surface area contributed by atoms with Crippen LogP contribution in [0.1, 0.15) is 20.8 Å². The van der Waals surface area contributed by atoms with Crippen LogP contribution in [-0.2, 0) is 17.8 Å². The lowest BCUT2D eigenvalue weighted by molar-refractivity contribution is 0.0692. The van der Waals surface area contributed by atoms with Gasteiger partial charge in [0.25, 0.3) is 0 Å². The molecule has 0 saturated heterocycles. The van der Waals surface area contributed by atoms with Gasteiger partial charge in [0, 0.05) is 11.3 Å². The lowest BCUT2D eigenvalue weighted by Gasteiger charge is -2.08. The van der Waals surface area contributed by atoms with Crippen LogP contribution in [0.5, 0.6) is 5.75 Å². The SMILES string of the molecule is COc1ccc(COCCc2cccs2)cc1C(=O)O. The molecule has 0 saturated carbocycles. The van der Waals surface area contributed by atoms with Crippen molar-refractivity contribution in [2.24, 2.45) is 0 Å². The van der Waals surface area contributed by atoms with E-state index in [-0.39, 0.29) is 5.56 Å². The van der Waals surface area contributed by atoms with Crippen molar-refractivity contribution in [3.8, 4) is 5.75 Å². The first kappa shape index (κ1) is 14.6. The van der Waals surface area contributed by atoms with Gasteiger partial charge >= 0.3 is 5.97 Å². The maximum Gasteiger partial charge on any atom is 0.339 e. The number of carboxylic acid groups (broad SMARTS) is 1. The second-order valence-corrected chi connectivity index (χ2v) is 5.25. The third kappa shape index (κ3) is 3.82. The highest BCUT2D eigenvalue weighted by Crippen LogP contribution is 2.20. The Morgan fingerprint density at radius 1 is 1.35 bits per heavy atom. The molecule has 0 aliphatic carbocycles. The average molecular weight is 292 g/mol. The molecule has 20 heavy (non-hydrogen) atoms. The molecule has 4 nitrogen and oxygen atoms in total. The van der Waals surface area contributed by atoms with Crippen molar-refractivity contribution in [2.75, 3.05) is 13.7 Å². The maximum absolute atomic E-state index is 11.1. The fraction of sp³-hybridized carbons (Fsp3) is 0.267. The van der Waals surface area contributed by atoms with E-state index in [1.165, 1.54) is 12.0 Å². The largest absolute Gasteiger partial charge is 0.496 e. The summed E-state index contributed by atoms with van der Waals surface area (Å²) in [4.78, 5) is 12.4. The van der Waals surface area contributed by atoms with Crippen LogP contribution < -0.4 is 4.74 Å². The summed E-state index contributed by atoms with van der Waals surface area (Å²) in [6.45, 7) is 1.02. The van der Waals surface area contributed by atoms with Crippen LogP contribution >= 0.6 is 11.3 Å². The van der Waals surface area contributed by atoms with Crippen LogP contribution in [-0.4, -0.2) is 24.8 Å². The van der Waals surface area contributed by atoms with Crippen LogP contribution in [0.3, 0.4) is 0 Å². The summed E-state index contributed by atoms with van der Waals surface area (Å²) in [5.74, 6) is -0.637. The topological polar surface area (TPSA) is 55.8 Å². The Labute approximate surface area is 121 Å². The van der Waals surface area contributed by atoms with Gasteiger partial charge in [-0.3, -0.25) is 0 Å². The van der Waals surface area contributed by atoms with Crippen LogP contribution in [0.15, 0.2) is 35.7 Å². The molecule has 0 bridgehead atoms. The molecule has 0 spiro atoms. The average Bonchev–Trinajstić information content (AvgIpc) is 2.96. The third-order valence-corrected chi connectivity index (χ3v) is 3.77. The van der Waals surface area contributed by atoms with Gasteiger partial charge in [0.2, 0.25) is 0 Å². The van der Waals surface area contributed by atoms with E-state index in [1.54, 1.807) is 23.5 Å². The summed E-state index contributed by atoms with van der Waals surface area (Å²) in [7, 11) is 1.46. The number of rotatable bonds is 7. The minimum absolute atomic E-state index is 0.159. The van der Waals surface area contributed by atoms with Crippen LogP contribution in [0.25, 0.3) is 0 Å². The van der Waals surface area contributed by atoms with Gasteiger partial charge in [0.15, 0.2) is 0 Å². The number of methoxy groups -OCH3 is 1. The fourth-order valence-corrected chi connectivity index (χ4v) is 2.52. The van der Waals surface area contributed by atoms with Crippen molar-refractivity contribution in [1.29, 1.82) is 0 Å². The molecule has 1 N–H and O–H groups in total. The number of ether oxygens (including phenoxy) is 2. The Morgan fingerprint density at radius 3 is 2.85 bits per heavy atom. The Hall–Kier alpha value is -1.85. The van der Waals surface area contributed by atoms with Crippen LogP contribution in [0.4, 0.5) is 0 Å². The van der Waals surface area contributed by atoms with Gasteiger partial charge < -0.3 is 14.6 Å². The van der Waals surface area contributed by atoms with E-state index >= 15 is 0 Å². The van der Waals surface area contributed by atoms with E-state index in [1.807, 2.05) is 17.5 Å². The number of hydrogen-bond acceptors (Lipinski definition) is 4. The Kier molecular flexibility index (Phi) is 5.15. The number of thiophene rings is 1. The Morgan fingerprint density at radius 2 is 2.20 bits per heavy atom. The van der Waals surface area contributed by atoms with E-state index in [0.717, 1.165) is 12.0 Å². The van der Waals surface area contributed by atoms with Crippen molar-refractivity contribution in [3.05, 3.63) is 51.7 Å². The molecule has 0 atom stereocenters. The first-order valence-electron chi connectivity index (χ1n) is 6.21. The van der Waals surface area contributed by atoms with Gasteiger partial charge in [-0.2, -0.15) is 0 Å². The highest BCUT2D eigenvalue weighted by atomic mass is 32.1. The zero-order valence-electron chi connectivity index (χ0n) is 11.2. The quantitative estimate of drug-likeness (QED) is 0.796. The maximum atomic E-state index is 11.1. The molecular weight excluding hydrogens is 276 g/mol. The van der Waals surface area contributed by atoms with Gasteiger partial charge in [-0.05, 0) is 29.1 Å². The number of carboxylic acids is 1. The van der Waals surface area contributed by atoms with Gasteiger partial charge in [0.1, 0.15) is 11.3 Å². The minimum Gasteiger partial charge on any atom is -0.496 e. The van der Waals surface area contributed by atoms with Gasteiger partial charge in [0.05, 0.1) is 20.3 Å². The highest BCUT2D eigenvalue weighted by molar-refractivity contribution is 7.09. The van der Waals surface area contributed by atoms with Crippen molar-refractivity contribution >= 4 is 17.3 Å². The van der Waals surface area contributed by atoms with Crippen molar-refractivity contribution in [3.63, 3.8) is 0 Å². The van der Waals surface area contributed by atoms with Gasteiger partial charge in [-0.15, -0.1) is 11.3 Å². The molecule has 1 aromatic carbocycles. The molecule has 2 rings (SSSR count). The predicted molar refractivity (Wildman–Crippen MR) is 77.6 cm³/mol. The zero-order chi connectivity index (χ0) is 14.4. The minimum atomic E-state index is -0.998. The van der Waals surface area contributed by atoms with Crippen LogP contribution in [0.2, 0.25) is 0 Å². The predicted octanol–water partition coefficient (Wildman–Crippen LogP) is 3.21. The monoisotopic (exact) mass is 292 g/mol. The first-order chi connectivity index (χ1) is 9.70. The summed E-state index contributed by atoms with van der Waals surface area (Å²) < 4.78 is 10.6. The Bertz CT molecular complexity index is 563. The molecule has 0 radical (unpaired) electrons. The second kappa shape index (κ2) is 7.07. The summed E-state index contributed by atoms with van der Waals surface area (Å²) in [5, 5.41) is 11.1. The van der Waals surface area contributed by atoms with Gasteiger partial charge in [-0.1, -0.05) is 12.1 Å². The molecule has 5 heteroatoms. The fourth-order valence-electron chi connectivity index (χ4n) is 1.83. The normalized spacial score (nSPS) is 10.4. The number of hydrogen-bond donors (Lipinski definition) is 1. The summed E-state index contributed by atoms with van der Waals surface area (Å²) in [5.41, 5.74) is 0.987. The molecule has 0 fully saturated rings. The molecule has 0 aliphatic heterocycles. The molecule has 0 aliphatic rings. The summed E-state index contributed by atoms with van der Waals surface area (Å²) in [6.07, 6.45) is 0.875. The summed E-state index contributed by atoms with van der Waals surface area (Å²) in [6, 6.07) is 9.15. The Balaban J connectivity index is 1.89. The van der Waals surface area contributed by atoms with Crippen molar-refractivity contribution in [1.82, 2.24) is 0 Å². The van der Waals surface area contributed by atoms with E-state index in [2.05, 4.69) is 6.07 Å². The van der Waals surface area contributed by atoms with Crippen molar-refractivity contribution in [2.45, 2.75) is 13.0 Å².